The summed E-state index contributed by atoms with van der Waals surface area (Å²) in [5.41, 5.74) is 0. The number of carboxylic acids is 2. The van der Waals surface area contributed by atoms with Crippen molar-refractivity contribution in [1.29, 1.82) is 0 Å². The van der Waals surface area contributed by atoms with Crippen LogP contribution in [-0.2, 0) is 9.59 Å². The van der Waals surface area contributed by atoms with Gasteiger partial charge in [0.1, 0.15) is 0 Å². The Morgan fingerprint density at radius 1 is 1.25 bits per heavy atom. The smallest absolute Gasteiger partial charge is 0.327 e. The zero-order valence-corrected chi connectivity index (χ0v) is 6.69. The molecule has 0 aliphatic heterocycles. The van der Waals surface area contributed by atoms with Crippen LogP contribution in [0.15, 0.2) is 25.3 Å². The first-order valence-electron chi connectivity index (χ1n) is 3.22. The molecule has 0 aliphatic rings. The van der Waals surface area contributed by atoms with Crippen molar-refractivity contribution in [3.05, 3.63) is 25.3 Å². The van der Waals surface area contributed by atoms with E-state index in [-0.39, 0.29) is 6.42 Å². The second-order valence-electron chi connectivity index (χ2n) is 1.76. The van der Waals surface area contributed by atoms with Crippen molar-refractivity contribution < 1.29 is 19.8 Å². The molecule has 0 aromatic heterocycles. The van der Waals surface area contributed by atoms with Gasteiger partial charge in [-0.25, -0.2) is 4.79 Å². The predicted octanol–water partition coefficient (Wildman–Crippen LogP) is 1.29. The zero-order valence-electron chi connectivity index (χ0n) is 6.69. The Kier molecular flexibility index (Phi) is 10.2. The van der Waals surface area contributed by atoms with E-state index in [1.807, 2.05) is 0 Å². The van der Waals surface area contributed by atoms with Gasteiger partial charge in [-0.1, -0.05) is 12.7 Å². The molecule has 0 saturated carbocycles. The molecule has 0 heterocycles. The highest BCUT2D eigenvalue weighted by atomic mass is 16.4. The van der Waals surface area contributed by atoms with Gasteiger partial charge in [-0.15, -0.1) is 6.58 Å². The SMILES string of the molecule is C=CC(=O)O.C=CCCC(=O)O. The van der Waals surface area contributed by atoms with E-state index in [4.69, 9.17) is 10.2 Å². The average Bonchev–Trinajstić information content (AvgIpc) is 2.02. The Balaban J connectivity index is 0. The van der Waals surface area contributed by atoms with E-state index in [1.165, 1.54) is 0 Å². The van der Waals surface area contributed by atoms with Gasteiger partial charge in [0.15, 0.2) is 0 Å². The lowest BCUT2D eigenvalue weighted by Crippen LogP contribution is -1.90. The van der Waals surface area contributed by atoms with Gasteiger partial charge in [0, 0.05) is 12.5 Å². The fraction of sp³-hybridized carbons (Fsp3) is 0.250. The minimum Gasteiger partial charge on any atom is -0.481 e. The summed E-state index contributed by atoms with van der Waals surface area (Å²) < 4.78 is 0. The predicted molar refractivity (Wildman–Crippen MR) is 44.9 cm³/mol. The molecule has 4 heteroatoms. The van der Waals surface area contributed by atoms with E-state index >= 15 is 0 Å². The van der Waals surface area contributed by atoms with E-state index in [9.17, 15) is 9.59 Å². The van der Waals surface area contributed by atoms with Crippen LogP contribution in [0.2, 0.25) is 0 Å². The lowest BCUT2D eigenvalue weighted by Gasteiger charge is -1.82. The molecule has 0 aliphatic carbocycles. The molecule has 0 aromatic carbocycles. The minimum absolute atomic E-state index is 0.198. The molecule has 0 saturated heterocycles. The van der Waals surface area contributed by atoms with Crippen molar-refractivity contribution in [3.8, 4) is 0 Å². The van der Waals surface area contributed by atoms with Crippen LogP contribution in [0.1, 0.15) is 12.8 Å². The zero-order chi connectivity index (χ0) is 9.98. The van der Waals surface area contributed by atoms with E-state index in [1.54, 1.807) is 6.08 Å². The highest BCUT2D eigenvalue weighted by Gasteiger charge is 1.89. The average molecular weight is 172 g/mol. The number of carbonyl (C=O) groups is 2. The molecule has 0 aromatic rings. The van der Waals surface area contributed by atoms with Gasteiger partial charge in [-0.2, -0.15) is 0 Å². The van der Waals surface area contributed by atoms with Gasteiger partial charge in [0.25, 0.3) is 0 Å². The van der Waals surface area contributed by atoms with Gasteiger partial charge >= 0.3 is 11.9 Å². The molecule has 0 atom stereocenters. The van der Waals surface area contributed by atoms with Crippen molar-refractivity contribution in [2.75, 3.05) is 0 Å². The number of hydrogen-bond donors (Lipinski definition) is 2. The van der Waals surface area contributed by atoms with E-state index in [0.29, 0.717) is 6.42 Å². The summed E-state index contributed by atoms with van der Waals surface area (Å²) in [5.74, 6) is -1.75. The highest BCUT2D eigenvalue weighted by molar-refractivity contribution is 5.78. The van der Waals surface area contributed by atoms with E-state index in [0.717, 1.165) is 6.08 Å². The largest absolute Gasteiger partial charge is 0.481 e. The summed E-state index contributed by atoms with van der Waals surface area (Å²) in [5, 5.41) is 15.6. The normalized spacial score (nSPS) is 7.33. The molecule has 0 unspecified atom stereocenters. The number of hydrogen-bond acceptors (Lipinski definition) is 2. The molecule has 2 N–H and O–H groups in total. The summed E-state index contributed by atoms with van der Waals surface area (Å²) in [7, 11) is 0. The first kappa shape index (κ1) is 13.0. The van der Waals surface area contributed by atoms with Crippen LogP contribution >= 0.6 is 0 Å². The number of aliphatic carboxylic acids is 2. The van der Waals surface area contributed by atoms with Crippen LogP contribution in [0.3, 0.4) is 0 Å². The number of rotatable bonds is 4. The molecular formula is C8H12O4. The molecule has 0 amide bonds. The third-order valence-corrected chi connectivity index (χ3v) is 0.737. The fourth-order valence-electron chi connectivity index (χ4n) is 0.226. The first-order chi connectivity index (χ1) is 5.54. The second kappa shape index (κ2) is 9.42. The Hall–Kier alpha value is -1.58. The van der Waals surface area contributed by atoms with Gasteiger partial charge in [-0.3, -0.25) is 4.79 Å². The van der Waals surface area contributed by atoms with Crippen LogP contribution in [0.4, 0.5) is 0 Å². The third kappa shape index (κ3) is 23.7. The summed E-state index contributed by atoms with van der Waals surface area (Å²) >= 11 is 0. The van der Waals surface area contributed by atoms with Crippen LogP contribution in [-0.4, -0.2) is 22.2 Å². The van der Waals surface area contributed by atoms with Crippen molar-refractivity contribution in [2.45, 2.75) is 12.8 Å². The molecule has 0 rings (SSSR count). The number of allylic oxidation sites excluding steroid dienone is 1. The van der Waals surface area contributed by atoms with E-state index < -0.39 is 11.9 Å². The summed E-state index contributed by atoms with van der Waals surface area (Å²) in [4.78, 5) is 19.0. The van der Waals surface area contributed by atoms with Crippen molar-refractivity contribution in [3.63, 3.8) is 0 Å². The molecule has 4 nitrogen and oxygen atoms in total. The molecular weight excluding hydrogens is 160 g/mol. The minimum atomic E-state index is -0.981. The summed E-state index contributed by atoms with van der Waals surface area (Å²) in [6, 6.07) is 0. The lowest BCUT2D eigenvalue weighted by molar-refractivity contribution is -0.137. The summed E-state index contributed by atoms with van der Waals surface area (Å²) in [6.07, 6.45) is 3.19. The Bertz CT molecular complexity index is 172. The van der Waals surface area contributed by atoms with Gasteiger partial charge in [0.05, 0.1) is 0 Å². The lowest BCUT2D eigenvalue weighted by atomic mass is 10.3. The van der Waals surface area contributed by atoms with Gasteiger partial charge < -0.3 is 10.2 Å². The molecule has 68 valence electrons. The molecule has 0 spiro atoms. The maximum absolute atomic E-state index is 9.71. The van der Waals surface area contributed by atoms with E-state index in [2.05, 4.69) is 13.2 Å². The van der Waals surface area contributed by atoms with Crippen LogP contribution < -0.4 is 0 Å². The Morgan fingerprint density at radius 2 is 1.67 bits per heavy atom. The fourth-order valence-corrected chi connectivity index (χ4v) is 0.226. The van der Waals surface area contributed by atoms with Crippen molar-refractivity contribution >= 4 is 11.9 Å². The quantitative estimate of drug-likeness (QED) is 0.495. The van der Waals surface area contributed by atoms with Crippen LogP contribution in [0.5, 0.6) is 0 Å². The van der Waals surface area contributed by atoms with Crippen molar-refractivity contribution in [2.24, 2.45) is 0 Å². The first-order valence-corrected chi connectivity index (χ1v) is 3.22. The van der Waals surface area contributed by atoms with Gasteiger partial charge in [-0.05, 0) is 6.42 Å². The molecule has 12 heavy (non-hydrogen) atoms. The highest BCUT2D eigenvalue weighted by Crippen LogP contribution is 1.86. The van der Waals surface area contributed by atoms with Crippen molar-refractivity contribution in [1.82, 2.24) is 0 Å². The Morgan fingerprint density at radius 3 is 1.75 bits per heavy atom. The standard InChI is InChI=1S/C5H8O2.C3H4O2/c1-2-3-4-5(6)7;1-2-3(4)5/h2H,1,3-4H2,(H,6,7);2H,1H2,(H,4,5). The molecule has 0 radical (unpaired) electrons. The molecule has 0 fully saturated rings. The maximum atomic E-state index is 9.71. The second-order valence-corrected chi connectivity index (χ2v) is 1.76. The van der Waals surface area contributed by atoms with Crippen LogP contribution in [0, 0.1) is 0 Å². The van der Waals surface area contributed by atoms with Gasteiger partial charge in [0.2, 0.25) is 0 Å². The monoisotopic (exact) mass is 172 g/mol. The summed E-state index contributed by atoms with van der Waals surface area (Å²) in [6.45, 7) is 6.33. The van der Waals surface area contributed by atoms with Crippen LogP contribution in [0.25, 0.3) is 0 Å². The Labute approximate surface area is 70.8 Å². The topological polar surface area (TPSA) is 74.6 Å². The maximum Gasteiger partial charge on any atom is 0.327 e. The molecule has 0 bridgehead atoms. The third-order valence-electron chi connectivity index (χ3n) is 0.737. The number of carboxylic acid groups (broad SMARTS) is 2.